The van der Waals surface area contributed by atoms with Gasteiger partial charge >= 0.3 is 0 Å². The van der Waals surface area contributed by atoms with Gasteiger partial charge in [0.25, 0.3) is 10.0 Å². The van der Waals surface area contributed by atoms with Gasteiger partial charge in [0.1, 0.15) is 0 Å². The normalized spacial score (nSPS) is 22.5. The highest BCUT2D eigenvalue weighted by molar-refractivity contribution is 7.89. The molecule has 0 bridgehead atoms. The predicted molar refractivity (Wildman–Crippen MR) is 62.0 cm³/mol. The number of sulfonamides is 1. The Hall–Kier alpha value is -1.41. The molecule has 1 saturated heterocycles. The second kappa shape index (κ2) is 4.46. The minimum absolute atomic E-state index is 0.0505. The van der Waals surface area contributed by atoms with Crippen LogP contribution in [0.1, 0.15) is 12.8 Å². The van der Waals surface area contributed by atoms with Gasteiger partial charge in [-0.1, -0.05) is 0 Å². The van der Waals surface area contributed by atoms with E-state index in [9.17, 15) is 8.42 Å². The van der Waals surface area contributed by atoms with Gasteiger partial charge in [0, 0.05) is 19.0 Å². The van der Waals surface area contributed by atoms with Gasteiger partial charge in [-0.3, -0.25) is 10.5 Å². The quantitative estimate of drug-likeness (QED) is 0.511. The van der Waals surface area contributed by atoms with Gasteiger partial charge in [0.05, 0.1) is 12.0 Å². The molecule has 8 heteroatoms. The molecule has 1 aliphatic rings. The average Bonchev–Trinajstić information content (AvgIpc) is 2.83. The Morgan fingerprint density at radius 3 is 3.00 bits per heavy atom. The number of nitrogens with zero attached hydrogens (tertiary/aromatic N) is 2. The first kappa shape index (κ1) is 12.1. The maximum Gasteiger partial charge on any atom is 0.259 e. The standard InChI is InChI=1S/C9H15N5O2S/c10-9(11)7-2-1-5-14(6-7)17(15,16)8-3-4-12-13-8/h3-4,7H,1-2,5-6H2,(H3,10,11)(H,12,13). The van der Waals surface area contributed by atoms with Crippen molar-refractivity contribution >= 4 is 15.9 Å². The number of rotatable bonds is 3. The average molecular weight is 257 g/mol. The van der Waals surface area contributed by atoms with Crippen LogP contribution >= 0.6 is 0 Å². The molecule has 2 rings (SSSR count). The molecule has 2 heterocycles. The first-order valence-corrected chi connectivity index (χ1v) is 6.79. The monoisotopic (exact) mass is 257 g/mol. The zero-order valence-electron chi connectivity index (χ0n) is 9.26. The fourth-order valence-corrected chi connectivity index (χ4v) is 3.37. The van der Waals surface area contributed by atoms with Gasteiger partial charge in [0.15, 0.2) is 5.03 Å². The molecule has 1 aliphatic heterocycles. The number of piperidine rings is 1. The van der Waals surface area contributed by atoms with Crippen molar-refractivity contribution in [3.05, 3.63) is 12.3 Å². The molecule has 1 fully saturated rings. The molecule has 0 spiro atoms. The van der Waals surface area contributed by atoms with Crippen LogP contribution in [0.3, 0.4) is 0 Å². The summed E-state index contributed by atoms with van der Waals surface area (Å²) in [5.41, 5.74) is 5.43. The molecule has 1 aromatic rings. The number of hydrogen-bond donors (Lipinski definition) is 3. The number of nitrogens with one attached hydrogen (secondary N) is 2. The molecular formula is C9H15N5O2S. The summed E-state index contributed by atoms with van der Waals surface area (Å²) < 4.78 is 25.7. The zero-order valence-corrected chi connectivity index (χ0v) is 10.1. The molecule has 0 radical (unpaired) electrons. The topological polar surface area (TPSA) is 116 Å². The Labute approximate surface area is 99.6 Å². The summed E-state index contributed by atoms with van der Waals surface area (Å²) in [7, 11) is -3.52. The molecule has 0 aliphatic carbocycles. The van der Waals surface area contributed by atoms with Crippen molar-refractivity contribution in [3.8, 4) is 0 Å². The smallest absolute Gasteiger partial charge is 0.259 e. The second-order valence-corrected chi connectivity index (χ2v) is 5.98. The third kappa shape index (κ3) is 2.32. The fraction of sp³-hybridized carbons (Fsp3) is 0.556. The number of amidine groups is 1. The van der Waals surface area contributed by atoms with E-state index in [0.717, 1.165) is 12.8 Å². The van der Waals surface area contributed by atoms with E-state index in [0.29, 0.717) is 6.54 Å². The van der Waals surface area contributed by atoms with Gasteiger partial charge in [-0.15, -0.1) is 0 Å². The predicted octanol–water partition coefficient (Wildman–Crippen LogP) is -0.254. The molecule has 0 amide bonds. The third-order valence-corrected chi connectivity index (χ3v) is 4.71. The van der Waals surface area contributed by atoms with Gasteiger partial charge in [-0.05, 0) is 18.9 Å². The van der Waals surface area contributed by atoms with E-state index >= 15 is 0 Å². The first-order chi connectivity index (χ1) is 8.01. The molecule has 0 saturated carbocycles. The van der Waals surface area contributed by atoms with Crippen molar-refractivity contribution in [2.75, 3.05) is 13.1 Å². The summed E-state index contributed by atoms with van der Waals surface area (Å²) in [6.45, 7) is 0.738. The van der Waals surface area contributed by atoms with E-state index in [1.54, 1.807) is 0 Å². The van der Waals surface area contributed by atoms with Crippen molar-refractivity contribution in [2.24, 2.45) is 11.7 Å². The van der Waals surface area contributed by atoms with Crippen LogP contribution in [0, 0.1) is 11.3 Å². The highest BCUT2D eigenvalue weighted by Gasteiger charge is 2.31. The van der Waals surface area contributed by atoms with E-state index in [1.807, 2.05) is 0 Å². The highest BCUT2D eigenvalue weighted by Crippen LogP contribution is 2.22. The first-order valence-electron chi connectivity index (χ1n) is 5.35. The SMILES string of the molecule is N=C(N)C1CCCN(S(=O)(=O)c2ccn[nH]2)C1. The molecule has 1 aromatic heterocycles. The van der Waals surface area contributed by atoms with Gasteiger partial charge < -0.3 is 5.73 Å². The second-order valence-electron chi connectivity index (χ2n) is 4.08. The van der Waals surface area contributed by atoms with Crippen LogP contribution < -0.4 is 5.73 Å². The number of aromatic nitrogens is 2. The van der Waals surface area contributed by atoms with Crippen molar-refractivity contribution in [2.45, 2.75) is 17.9 Å². The summed E-state index contributed by atoms with van der Waals surface area (Å²) in [6.07, 6.45) is 2.89. The molecular weight excluding hydrogens is 242 g/mol. The molecule has 7 nitrogen and oxygen atoms in total. The summed E-state index contributed by atoms with van der Waals surface area (Å²) in [6, 6.07) is 1.42. The van der Waals surface area contributed by atoms with Crippen LogP contribution in [0.4, 0.5) is 0 Å². The van der Waals surface area contributed by atoms with Crippen molar-refractivity contribution in [1.29, 1.82) is 5.41 Å². The minimum Gasteiger partial charge on any atom is -0.387 e. The van der Waals surface area contributed by atoms with E-state index in [4.69, 9.17) is 11.1 Å². The maximum absolute atomic E-state index is 12.2. The summed E-state index contributed by atoms with van der Waals surface area (Å²) >= 11 is 0. The van der Waals surface area contributed by atoms with Crippen LogP contribution in [0.15, 0.2) is 17.3 Å². The molecule has 4 N–H and O–H groups in total. The molecule has 1 atom stereocenters. The highest BCUT2D eigenvalue weighted by atomic mass is 32.2. The lowest BCUT2D eigenvalue weighted by molar-refractivity contribution is 0.309. The van der Waals surface area contributed by atoms with E-state index in [-0.39, 0.29) is 23.3 Å². The van der Waals surface area contributed by atoms with E-state index < -0.39 is 10.0 Å². The third-order valence-electron chi connectivity index (χ3n) is 2.92. The fourth-order valence-electron chi connectivity index (χ4n) is 1.94. The Kier molecular flexibility index (Phi) is 3.16. The lowest BCUT2D eigenvalue weighted by Gasteiger charge is -2.30. The minimum atomic E-state index is -3.52. The Morgan fingerprint density at radius 2 is 2.41 bits per heavy atom. The summed E-state index contributed by atoms with van der Waals surface area (Å²) in [5.74, 6) is -0.129. The largest absolute Gasteiger partial charge is 0.387 e. The zero-order chi connectivity index (χ0) is 12.5. The van der Waals surface area contributed by atoms with Gasteiger partial charge in [-0.2, -0.15) is 9.40 Å². The number of nitrogens with two attached hydrogens (primary N) is 1. The number of aromatic amines is 1. The van der Waals surface area contributed by atoms with Gasteiger partial charge in [0.2, 0.25) is 0 Å². The maximum atomic E-state index is 12.2. The lowest BCUT2D eigenvalue weighted by Crippen LogP contribution is -2.43. The van der Waals surface area contributed by atoms with E-state index in [1.165, 1.54) is 16.6 Å². The Bertz CT molecular complexity index is 495. The Morgan fingerprint density at radius 1 is 1.65 bits per heavy atom. The molecule has 0 aromatic carbocycles. The van der Waals surface area contributed by atoms with Crippen molar-refractivity contribution < 1.29 is 8.42 Å². The van der Waals surface area contributed by atoms with Crippen LogP contribution in [0.25, 0.3) is 0 Å². The van der Waals surface area contributed by atoms with Crippen LogP contribution in [0.2, 0.25) is 0 Å². The van der Waals surface area contributed by atoms with Crippen molar-refractivity contribution in [1.82, 2.24) is 14.5 Å². The van der Waals surface area contributed by atoms with Crippen LogP contribution in [-0.4, -0.2) is 41.8 Å². The van der Waals surface area contributed by atoms with Crippen molar-refractivity contribution in [3.63, 3.8) is 0 Å². The van der Waals surface area contributed by atoms with Crippen LogP contribution in [0.5, 0.6) is 0 Å². The summed E-state index contributed by atoms with van der Waals surface area (Å²) in [4.78, 5) is 0. The molecule has 17 heavy (non-hydrogen) atoms. The summed E-state index contributed by atoms with van der Waals surface area (Å²) in [5, 5.41) is 13.6. The van der Waals surface area contributed by atoms with Crippen LogP contribution in [-0.2, 0) is 10.0 Å². The number of hydrogen-bond acceptors (Lipinski definition) is 4. The molecule has 1 unspecified atom stereocenters. The van der Waals surface area contributed by atoms with Gasteiger partial charge in [-0.25, -0.2) is 8.42 Å². The van der Waals surface area contributed by atoms with E-state index in [2.05, 4.69) is 10.2 Å². The lowest BCUT2D eigenvalue weighted by atomic mass is 9.99. The number of H-pyrrole nitrogens is 1. The Balaban J connectivity index is 2.20. The molecule has 94 valence electrons.